The highest BCUT2D eigenvalue weighted by molar-refractivity contribution is 6.29. The number of aromatic nitrogens is 4. The zero-order valence-electron chi connectivity index (χ0n) is 29.9. The lowest BCUT2D eigenvalue weighted by molar-refractivity contribution is 0.0928. The van der Waals surface area contributed by atoms with Crippen molar-refractivity contribution in [2.24, 2.45) is 5.73 Å². The van der Waals surface area contributed by atoms with Crippen molar-refractivity contribution in [3.05, 3.63) is 104 Å². The summed E-state index contributed by atoms with van der Waals surface area (Å²) < 4.78 is 0. The van der Waals surface area contributed by atoms with E-state index in [1.807, 2.05) is 44.4 Å². The van der Waals surface area contributed by atoms with Crippen molar-refractivity contribution >= 4 is 23.4 Å². The Bertz CT molecular complexity index is 2460. The molecule has 2 amide bonds. The second-order valence-corrected chi connectivity index (χ2v) is 16.7. The van der Waals surface area contributed by atoms with E-state index in [1.165, 1.54) is 22.3 Å². The number of amides is 2. The third-order valence-electron chi connectivity index (χ3n) is 12.1. The number of hydrogen-bond donors (Lipinski definition) is 5. The molecule has 10 heteroatoms. The molecule has 6 heterocycles. The molecule has 2 aliphatic heterocycles. The SMILES string of the molecule is CC(C)(N)C#Cc1ccc(-c2cc3c(cn2)CCc2c-3[nH]c3c2C(=O)NCC32CC2)cc1.O=C1NCC2(CC2)c2[nH]c3c(c21)CCc1cnc(Cl)cc1-3. The minimum absolute atomic E-state index is 0.0728. The van der Waals surface area contributed by atoms with Gasteiger partial charge in [0.05, 0.1) is 33.7 Å². The number of carbonyl (C=O) groups is 2. The maximum absolute atomic E-state index is 12.7. The molecule has 0 saturated heterocycles. The molecule has 2 fully saturated rings. The average molecular weight is 722 g/mol. The highest BCUT2D eigenvalue weighted by atomic mass is 35.5. The summed E-state index contributed by atoms with van der Waals surface area (Å²) in [6.07, 6.45) is 12.0. The van der Waals surface area contributed by atoms with Crippen LogP contribution in [0, 0.1) is 11.8 Å². The van der Waals surface area contributed by atoms with Gasteiger partial charge in [-0.2, -0.15) is 0 Å². The molecule has 6 aliphatic rings. The van der Waals surface area contributed by atoms with Gasteiger partial charge in [-0.15, -0.1) is 0 Å². The molecular weight excluding hydrogens is 682 g/mol. The molecule has 5 aromatic rings. The molecular formula is C43H40ClN7O2. The molecule has 6 N–H and O–H groups in total. The van der Waals surface area contributed by atoms with Crippen LogP contribution in [0.1, 0.15) is 99.5 Å². The molecule has 0 bridgehead atoms. The molecule has 0 atom stereocenters. The lowest BCUT2D eigenvalue weighted by atomic mass is 9.86. The number of pyridine rings is 2. The first-order valence-electron chi connectivity index (χ1n) is 18.6. The second kappa shape index (κ2) is 11.4. The van der Waals surface area contributed by atoms with E-state index in [0.717, 1.165) is 126 Å². The third-order valence-corrected chi connectivity index (χ3v) is 12.3. The first kappa shape index (κ1) is 32.5. The number of aromatic amines is 2. The van der Waals surface area contributed by atoms with Crippen LogP contribution >= 0.6 is 11.6 Å². The summed E-state index contributed by atoms with van der Waals surface area (Å²) in [6.45, 7) is 5.31. The quantitative estimate of drug-likeness (QED) is 0.102. The maximum Gasteiger partial charge on any atom is 0.253 e. The van der Waals surface area contributed by atoms with Crippen molar-refractivity contribution in [2.75, 3.05) is 13.1 Å². The standard InChI is InChI=1S/C27H26N4O.C16H14ClN3O/c1-26(2,28)10-9-16-3-5-17(6-4-16)21-13-20-18(14-29-21)7-8-19-22-24(31-23(19)20)27(11-12-27)15-30-25(22)32;17-11-5-10-8(6-18-11)1-2-9-12-14(20-13(9)10)16(3-4-16)7-19-15(12)21/h3-6,13-14,31H,7-8,11-12,15,28H2,1-2H3,(H,30,32);5-6,20H,1-4,7H2,(H,19,21). The number of fused-ring (bicyclic) bond motifs is 12. The zero-order valence-corrected chi connectivity index (χ0v) is 30.6. The maximum atomic E-state index is 12.7. The van der Waals surface area contributed by atoms with Gasteiger partial charge in [0.2, 0.25) is 0 Å². The lowest BCUT2D eigenvalue weighted by Gasteiger charge is -2.23. The predicted octanol–water partition coefficient (Wildman–Crippen LogP) is 6.31. The van der Waals surface area contributed by atoms with Gasteiger partial charge >= 0.3 is 0 Å². The van der Waals surface area contributed by atoms with Gasteiger partial charge in [0, 0.05) is 70.0 Å². The Morgan fingerprint density at radius 3 is 1.81 bits per heavy atom. The summed E-state index contributed by atoms with van der Waals surface area (Å²) in [7, 11) is 0. The Labute approximate surface area is 312 Å². The van der Waals surface area contributed by atoms with E-state index in [4.69, 9.17) is 22.3 Å². The van der Waals surface area contributed by atoms with Crippen LogP contribution in [0.5, 0.6) is 0 Å². The summed E-state index contributed by atoms with van der Waals surface area (Å²) in [5.74, 6) is 6.34. The number of rotatable bonds is 1. The molecule has 11 rings (SSSR count). The average Bonchev–Trinajstić information content (AvgIpc) is 4.03. The Hall–Kier alpha value is -5.17. The normalized spacial score (nSPS) is 18.7. The van der Waals surface area contributed by atoms with Crippen LogP contribution in [0.25, 0.3) is 33.8 Å². The molecule has 4 aromatic heterocycles. The van der Waals surface area contributed by atoms with Crippen LogP contribution in [0.2, 0.25) is 5.15 Å². The van der Waals surface area contributed by atoms with Gasteiger partial charge in [0.25, 0.3) is 11.8 Å². The number of aryl methyl sites for hydroxylation is 2. The first-order chi connectivity index (χ1) is 25.5. The number of H-pyrrole nitrogens is 2. The first-order valence-corrected chi connectivity index (χ1v) is 19.0. The Kier molecular flexibility index (Phi) is 6.99. The van der Waals surface area contributed by atoms with E-state index < -0.39 is 5.54 Å². The third kappa shape index (κ3) is 5.33. The van der Waals surface area contributed by atoms with E-state index >= 15 is 0 Å². The van der Waals surface area contributed by atoms with E-state index in [1.54, 1.807) is 0 Å². The van der Waals surface area contributed by atoms with Gasteiger partial charge in [-0.3, -0.25) is 14.6 Å². The summed E-state index contributed by atoms with van der Waals surface area (Å²) in [6, 6.07) is 12.2. The van der Waals surface area contributed by atoms with E-state index in [-0.39, 0.29) is 22.6 Å². The van der Waals surface area contributed by atoms with Crippen LogP contribution in [0.3, 0.4) is 0 Å². The topological polar surface area (TPSA) is 142 Å². The minimum atomic E-state index is -0.512. The lowest BCUT2D eigenvalue weighted by Crippen LogP contribution is -2.39. The molecule has 0 unspecified atom stereocenters. The number of nitrogens with two attached hydrogens (primary N) is 1. The Morgan fingerprint density at radius 2 is 1.28 bits per heavy atom. The van der Waals surface area contributed by atoms with E-state index in [0.29, 0.717) is 5.15 Å². The van der Waals surface area contributed by atoms with Crippen LogP contribution in [-0.4, -0.2) is 50.4 Å². The van der Waals surface area contributed by atoms with Gasteiger partial charge in [-0.1, -0.05) is 35.6 Å². The smallest absolute Gasteiger partial charge is 0.253 e. The molecule has 266 valence electrons. The molecule has 2 saturated carbocycles. The zero-order chi connectivity index (χ0) is 36.3. The van der Waals surface area contributed by atoms with Gasteiger partial charge in [0.1, 0.15) is 5.15 Å². The highest BCUT2D eigenvalue weighted by Crippen LogP contribution is 2.54. The van der Waals surface area contributed by atoms with Crippen LogP contribution in [0.15, 0.2) is 48.8 Å². The Balaban J connectivity index is 0.000000143. The van der Waals surface area contributed by atoms with Crippen molar-refractivity contribution in [3.63, 3.8) is 0 Å². The fraction of sp³-hybridized carbons (Fsp3) is 0.349. The highest BCUT2D eigenvalue weighted by Gasteiger charge is 2.53. The van der Waals surface area contributed by atoms with Gasteiger partial charge in [-0.05, 0) is 112 Å². The summed E-state index contributed by atoms with van der Waals surface area (Å²) in [5.41, 5.74) is 22.0. The minimum Gasteiger partial charge on any atom is -0.357 e. The molecule has 53 heavy (non-hydrogen) atoms. The van der Waals surface area contributed by atoms with Crippen molar-refractivity contribution in [1.82, 2.24) is 30.6 Å². The molecule has 9 nitrogen and oxygen atoms in total. The van der Waals surface area contributed by atoms with Crippen molar-refractivity contribution in [2.45, 2.75) is 81.6 Å². The second-order valence-electron chi connectivity index (χ2n) is 16.3. The molecule has 2 spiro atoms. The molecule has 0 radical (unpaired) electrons. The van der Waals surface area contributed by atoms with Crippen molar-refractivity contribution in [1.29, 1.82) is 0 Å². The summed E-state index contributed by atoms with van der Waals surface area (Å²) in [5, 5.41) is 6.69. The summed E-state index contributed by atoms with van der Waals surface area (Å²) in [4.78, 5) is 41.2. The number of nitrogens with one attached hydrogen (secondary N) is 4. The number of nitrogens with zero attached hydrogens (tertiary/aromatic N) is 2. The Morgan fingerprint density at radius 1 is 0.755 bits per heavy atom. The van der Waals surface area contributed by atoms with Crippen LogP contribution in [0.4, 0.5) is 0 Å². The largest absolute Gasteiger partial charge is 0.357 e. The van der Waals surface area contributed by atoms with Gasteiger partial charge in [-0.25, -0.2) is 4.98 Å². The van der Waals surface area contributed by atoms with E-state index in [9.17, 15) is 9.59 Å². The number of hydrogen-bond acceptors (Lipinski definition) is 5. The monoisotopic (exact) mass is 721 g/mol. The fourth-order valence-electron chi connectivity index (χ4n) is 8.78. The molecule has 1 aromatic carbocycles. The predicted molar refractivity (Wildman–Crippen MR) is 205 cm³/mol. The van der Waals surface area contributed by atoms with Crippen molar-refractivity contribution in [3.8, 4) is 45.6 Å². The number of carbonyl (C=O) groups excluding carboxylic acids is 2. The number of benzene rings is 1. The number of halogens is 1. The summed E-state index contributed by atoms with van der Waals surface area (Å²) >= 11 is 6.06. The van der Waals surface area contributed by atoms with E-state index in [2.05, 4.69) is 55.6 Å². The van der Waals surface area contributed by atoms with Crippen LogP contribution < -0.4 is 16.4 Å². The molecule has 4 aliphatic carbocycles. The van der Waals surface area contributed by atoms with Crippen molar-refractivity contribution < 1.29 is 9.59 Å². The van der Waals surface area contributed by atoms with Gasteiger partial charge in [0.15, 0.2) is 0 Å². The fourth-order valence-corrected chi connectivity index (χ4v) is 8.94. The van der Waals surface area contributed by atoms with Crippen LogP contribution in [-0.2, 0) is 36.5 Å². The van der Waals surface area contributed by atoms with Gasteiger partial charge < -0.3 is 26.3 Å².